The minimum absolute atomic E-state index is 0.213. The topological polar surface area (TPSA) is 66.6 Å². The molecule has 1 aliphatic rings. The molecule has 0 amide bonds. The van der Waals surface area contributed by atoms with Crippen LogP contribution in [0.2, 0.25) is 0 Å². The summed E-state index contributed by atoms with van der Waals surface area (Å²) in [7, 11) is -1.51. The molecule has 1 fully saturated rings. The van der Waals surface area contributed by atoms with Gasteiger partial charge in [0.05, 0.1) is 5.69 Å². The first-order chi connectivity index (χ1) is 9.25. The number of aryl methyl sites for hydroxylation is 2. The van der Waals surface area contributed by atoms with Gasteiger partial charge in [0, 0.05) is 25.7 Å². The number of sulfonamides is 1. The Morgan fingerprint density at radius 1 is 1.20 bits per heavy atom. The molecule has 1 aromatic carbocycles. The summed E-state index contributed by atoms with van der Waals surface area (Å²) in [5.74, 6) is 0. The maximum Gasteiger partial charge on any atom is 0.245 e. The van der Waals surface area contributed by atoms with E-state index < -0.39 is 10.0 Å². The molecule has 112 valence electrons. The van der Waals surface area contributed by atoms with Gasteiger partial charge in [0.15, 0.2) is 0 Å². The monoisotopic (exact) mass is 297 g/mol. The third-order valence-electron chi connectivity index (χ3n) is 4.13. The van der Waals surface area contributed by atoms with E-state index in [1.54, 1.807) is 11.2 Å². The van der Waals surface area contributed by atoms with Crippen molar-refractivity contribution in [3.63, 3.8) is 0 Å². The van der Waals surface area contributed by atoms with Crippen molar-refractivity contribution in [1.29, 1.82) is 0 Å². The van der Waals surface area contributed by atoms with Crippen molar-refractivity contribution in [2.45, 2.75) is 31.7 Å². The highest BCUT2D eigenvalue weighted by Crippen LogP contribution is 2.29. The fourth-order valence-electron chi connectivity index (χ4n) is 2.51. The highest BCUT2D eigenvalue weighted by Gasteiger charge is 2.33. The minimum Gasteiger partial charge on any atom is -0.397 e. The van der Waals surface area contributed by atoms with Gasteiger partial charge in [0.1, 0.15) is 4.90 Å². The van der Waals surface area contributed by atoms with Crippen molar-refractivity contribution in [1.82, 2.24) is 9.21 Å². The summed E-state index contributed by atoms with van der Waals surface area (Å²) in [5.41, 5.74) is 7.90. The molecule has 0 spiro atoms. The summed E-state index contributed by atoms with van der Waals surface area (Å²) in [5, 5.41) is 0. The normalized spacial score (nSPS) is 22.1. The van der Waals surface area contributed by atoms with E-state index >= 15 is 0 Å². The number of piperazine rings is 1. The van der Waals surface area contributed by atoms with Gasteiger partial charge < -0.3 is 10.6 Å². The van der Waals surface area contributed by atoms with E-state index in [2.05, 4.69) is 4.90 Å². The quantitative estimate of drug-likeness (QED) is 0.833. The molecule has 1 aromatic rings. The van der Waals surface area contributed by atoms with Crippen molar-refractivity contribution < 1.29 is 8.42 Å². The molecule has 1 unspecified atom stereocenters. The summed E-state index contributed by atoms with van der Waals surface area (Å²) in [4.78, 5) is 2.44. The molecule has 5 nitrogen and oxygen atoms in total. The summed E-state index contributed by atoms with van der Waals surface area (Å²) < 4.78 is 27.3. The number of nitrogens with two attached hydrogens (primary N) is 1. The standard InChI is InChI=1S/C14H23N3O2S/c1-10-5-6-11(2)14(13(10)15)20(18,19)17-8-7-16(4)12(3)9-17/h5-6,12H,7-9,15H2,1-4H3. The fourth-order valence-corrected chi connectivity index (χ4v) is 4.42. The van der Waals surface area contributed by atoms with Gasteiger partial charge in [0.2, 0.25) is 10.0 Å². The number of nitrogens with zero attached hydrogens (tertiary/aromatic N) is 2. The van der Waals surface area contributed by atoms with Gasteiger partial charge >= 0.3 is 0 Å². The number of anilines is 1. The van der Waals surface area contributed by atoms with Crippen LogP contribution in [0, 0.1) is 13.8 Å². The second kappa shape index (κ2) is 5.35. The molecule has 0 aliphatic carbocycles. The highest BCUT2D eigenvalue weighted by atomic mass is 32.2. The first-order valence-electron chi connectivity index (χ1n) is 6.81. The van der Waals surface area contributed by atoms with Crippen LogP contribution in [0.4, 0.5) is 5.69 Å². The Hall–Kier alpha value is -1.11. The molecular formula is C14H23N3O2S. The van der Waals surface area contributed by atoms with Gasteiger partial charge in [0.25, 0.3) is 0 Å². The molecule has 0 saturated carbocycles. The van der Waals surface area contributed by atoms with Gasteiger partial charge in [-0.25, -0.2) is 8.42 Å². The van der Waals surface area contributed by atoms with Gasteiger partial charge in [-0.2, -0.15) is 4.31 Å². The number of hydrogen-bond acceptors (Lipinski definition) is 4. The Balaban J connectivity index is 2.44. The van der Waals surface area contributed by atoms with Crippen LogP contribution in [0.1, 0.15) is 18.1 Å². The number of hydrogen-bond donors (Lipinski definition) is 1. The molecule has 1 atom stereocenters. The Morgan fingerprint density at radius 3 is 2.40 bits per heavy atom. The first-order valence-corrected chi connectivity index (χ1v) is 8.25. The van der Waals surface area contributed by atoms with Crippen LogP contribution in [-0.2, 0) is 10.0 Å². The zero-order chi connectivity index (χ0) is 15.1. The molecule has 0 bridgehead atoms. The third kappa shape index (κ3) is 2.55. The Morgan fingerprint density at radius 2 is 1.80 bits per heavy atom. The van der Waals surface area contributed by atoms with E-state index in [0.29, 0.717) is 24.3 Å². The maximum absolute atomic E-state index is 12.9. The third-order valence-corrected chi connectivity index (χ3v) is 6.20. The molecule has 20 heavy (non-hydrogen) atoms. The second-order valence-corrected chi connectivity index (χ2v) is 7.51. The number of benzene rings is 1. The second-order valence-electron chi connectivity index (χ2n) is 5.63. The lowest BCUT2D eigenvalue weighted by atomic mass is 10.1. The van der Waals surface area contributed by atoms with Gasteiger partial charge in [-0.3, -0.25) is 0 Å². The number of nitrogen functional groups attached to an aromatic ring is 1. The lowest BCUT2D eigenvalue weighted by Gasteiger charge is -2.37. The molecule has 1 saturated heterocycles. The molecular weight excluding hydrogens is 274 g/mol. The molecule has 2 rings (SSSR count). The number of rotatable bonds is 2. The average Bonchev–Trinajstić information content (AvgIpc) is 2.37. The summed E-state index contributed by atoms with van der Waals surface area (Å²) >= 11 is 0. The predicted octanol–water partition coefficient (Wildman–Crippen LogP) is 1.21. The van der Waals surface area contributed by atoms with Gasteiger partial charge in [-0.05, 0) is 38.9 Å². The Labute approximate surface area is 121 Å². The average molecular weight is 297 g/mol. The lowest BCUT2D eigenvalue weighted by Crippen LogP contribution is -2.52. The largest absolute Gasteiger partial charge is 0.397 e. The van der Waals surface area contributed by atoms with E-state index in [9.17, 15) is 8.42 Å². The van der Waals surface area contributed by atoms with Crippen LogP contribution in [-0.4, -0.2) is 50.3 Å². The predicted molar refractivity (Wildman–Crippen MR) is 81.2 cm³/mol. The maximum atomic E-state index is 12.9. The first kappa shape index (κ1) is 15.3. The summed E-state index contributed by atoms with van der Waals surface area (Å²) in [6.45, 7) is 7.42. The van der Waals surface area contributed by atoms with Crippen LogP contribution in [0.15, 0.2) is 17.0 Å². The summed E-state index contributed by atoms with van der Waals surface area (Å²) in [6.07, 6.45) is 0. The zero-order valence-electron chi connectivity index (χ0n) is 12.5. The molecule has 0 radical (unpaired) electrons. The highest BCUT2D eigenvalue weighted by molar-refractivity contribution is 7.89. The van der Waals surface area contributed by atoms with Crippen molar-refractivity contribution in [2.24, 2.45) is 0 Å². The van der Waals surface area contributed by atoms with Crippen LogP contribution in [0.5, 0.6) is 0 Å². The van der Waals surface area contributed by atoms with E-state index in [-0.39, 0.29) is 10.9 Å². The van der Waals surface area contributed by atoms with Gasteiger partial charge in [-0.15, -0.1) is 0 Å². The smallest absolute Gasteiger partial charge is 0.245 e. The molecule has 1 aliphatic heterocycles. The van der Waals surface area contributed by atoms with Crippen molar-refractivity contribution >= 4 is 15.7 Å². The van der Waals surface area contributed by atoms with Crippen molar-refractivity contribution in [3.05, 3.63) is 23.3 Å². The van der Waals surface area contributed by atoms with Crippen LogP contribution >= 0.6 is 0 Å². The van der Waals surface area contributed by atoms with E-state index in [4.69, 9.17) is 5.73 Å². The van der Waals surface area contributed by atoms with Crippen LogP contribution in [0.3, 0.4) is 0 Å². The molecule has 1 heterocycles. The Kier molecular flexibility index (Phi) is 4.09. The molecule has 2 N–H and O–H groups in total. The van der Waals surface area contributed by atoms with E-state index in [1.807, 2.05) is 33.0 Å². The van der Waals surface area contributed by atoms with Crippen LogP contribution in [0.25, 0.3) is 0 Å². The van der Waals surface area contributed by atoms with Crippen molar-refractivity contribution in [2.75, 3.05) is 32.4 Å². The zero-order valence-corrected chi connectivity index (χ0v) is 13.4. The van der Waals surface area contributed by atoms with Crippen LogP contribution < -0.4 is 5.73 Å². The molecule has 0 aromatic heterocycles. The number of likely N-dealkylation sites (N-methyl/N-ethyl adjacent to an activating group) is 1. The Bertz CT molecular complexity index is 613. The summed E-state index contributed by atoms with van der Waals surface area (Å²) in [6, 6.07) is 3.89. The lowest BCUT2D eigenvalue weighted by molar-refractivity contribution is 0.159. The SMILES string of the molecule is Cc1ccc(C)c(S(=O)(=O)N2CCN(C)C(C)C2)c1N. The molecule has 6 heteroatoms. The minimum atomic E-state index is -3.52. The van der Waals surface area contributed by atoms with E-state index in [1.165, 1.54) is 0 Å². The van der Waals surface area contributed by atoms with E-state index in [0.717, 1.165) is 12.1 Å². The van der Waals surface area contributed by atoms with Gasteiger partial charge in [-0.1, -0.05) is 12.1 Å². The van der Waals surface area contributed by atoms with Crippen molar-refractivity contribution in [3.8, 4) is 0 Å². The fraction of sp³-hybridized carbons (Fsp3) is 0.571.